The van der Waals surface area contributed by atoms with Crippen molar-refractivity contribution in [2.75, 3.05) is 31.6 Å². The molecular weight excluding hydrogens is 590 g/mol. The fraction of sp³-hybridized carbons (Fsp3) is 0.257. The highest BCUT2D eigenvalue weighted by Gasteiger charge is 2.34. The van der Waals surface area contributed by atoms with Crippen LogP contribution >= 0.6 is 0 Å². The number of hydrogen-bond donors (Lipinski definition) is 1. The van der Waals surface area contributed by atoms with Crippen LogP contribution in [0, 0.1) is 6.92 Å². The quantitative estimate of drug-likeness (QED) is 0.211. The van der Waals surface area contributed by atoms with Crippen molar-refractivity contribution in [3.8, 4) is 11.5 Å². The summed E-state index contributed by atoms with van der Waals surface area (Å²) in [4.78, 5) is 29.6. The number of carbonyl (C=O) groups excluding carboxylic acids is 2. The van der Waals surface area contributed by atoms with Gasteiger partial charge in [0, 0.05) is 25.6 Å². The molecule has 1 unspecified atom stereocenters. The van der Waals surface area contributed by atoms with Crippen LogP contribution in [0.15, 0.2) is 108 Å². The maximum absolute atomic E-state index is 14.5. The van der Waals surface area contributed by atoms with Gasteiger partial charge in [0.2, 0.25) is 11.8 Å². The SMILES string of the molecule is CCNC(=O)C(Cc1ccccc1)N(Cc1cccc(C)c1)C(=O)CN(c1ccc(OC)c(OC)c1)S(=O)(=O)c1ccccc1. The molecule has 4 aromatic rings. The highest BCUT2D eigenvalue weighted by atomic mass is 32.2. The van der Waals surface area contributed by atoms with Gasteiger partial charge in [-0.15, -0.1) is 0 Å². The standard InChI is InChI=1S/C35H39N3O6S/c1-5-36-35(40)31(22-27-14-8-6-9-15-27)37(24-28-16-12-13-26(2)21-28)34(39)25-38(45(41,42)30-17-10-7-11-18-30)29-19-20-32(43-3)33(23-29)44-4/h6-21,23,31H,5,22,24-25H2,1-4H3,(H,36,40). The van der Waals surface area contributed by atoms with Crippen molar-refractivity contribution in [3.63, 3.8) is 0 Å². The molecule has 4 aromatic carbocycles. The van der Waals surface area contributed by atoms with Crippen LogP contribution in [0.4, 0.5) is 5.69 Å². The molecule has 0 aliphatic rings. The number of carbonyl (C=O) groups is 2. The molecule has 1 N–H and O–H groups in total. The summed E-state index contributed by atoms with van der Waals surface area (Å²) in [5, 5.41) is 2.87. The summed E-state index contributed by atoms with van der Waals surface area (Å²) in [6.45, 7) is 3.67. The Bertz CT molecular complexity index is 1700. The minimum Gasteiger partial charge on any atom is -0.493 e. The molecular formula is C35H39N3O6S. The van der Waals surface area contributed by atoms with Crippen molar-refractivity contribution in [1.29, 1.82) is 0 Å². The summed E-state index contributed by atoms with van der Waals surface area (Å²) in [7, 11) is -1.30. The average molecular weight is 630 g/mol. The van der Waals surface area contributed by atoms with Gasteiger partial charge in [-0.3, -0.25) is 13.9 Å². The number of sulfonamides is 1. The minimum atomic E-state index is -4.23. The molecule has 0 aliphatic carbocycles. The highest BCUT2D eigenvalue weighted by molar-refractivity contribution is 7.92. The van der Waals surface area contributed by atoms with E-state index in [0.717, 1.165) is 21.0 Å². The third kappa shape index (κ3) is 8.21. The van der Waals surface area contributed by atoms with Gasteiger partial charge in [0.15, 0.2) is 11.5 Å². The lowest BCUT2D eigenvalue weighted by Crippen LogP contribution is -2.53. The van der Waals surface area contributed by atoms with Crippen LogP contribution < -0.4 is 19.1 Å². The summed E-state index contributed by atoms with van der Waals surface area (Å²) in [6, 6.07) is 28.8. The van der Waals surface area contributed by atoms with E-state index in [1.807, 2.05) is 68.4 Å². The molecule has 0 fully saturated rings. The third-order valence-corrected chi connectivity index (χ3v) is 9.11. The molecule has 9 nitrogen and oxygen atoms in total. The molecule has 0 heterocycles. The van der Waals surface area contributed by atoms with E-state index in [2.05, 4.69) is 5.32 Å². The number of nitrogens with one attached hydrogen (secondary N) is 1. The largest absolute Gasteiger partial charge is 0.493 e. The Morgan fingerprint density at radius 3 is 2.07 bits per heavy atom. The van der Waals surface area contributed by atoms with E-state index in [1.165, 1.54) is 37.3 Å². The van der Waals surface area contributed by atoms with E-state index in [4.69, 9.17) is 9.47 Å². The molecule has 0 saturated heterocycles. The molecule has 10 heteroatoms. The lowest BCUT2D eigenvalue weighted by molar-refractivity contribution is -0.140. The molecule has 2 amide bonds. The number of methoxy groups -OCH3 is 2. The molecule has 0 saturated carbocycles. The maximum atomic E-state index is 14.5. The molecule has 45 heavy (non-hydrogen) atoms. The van der Waals surface area contributed by atoms with Crippen LogP contribution in [0.2, 0.25) is 0 Å². The lowest BCUT2D eigenvalue weighted by atomic mass is 10.0. The number of anilines is 1. The van der Waals surface area contributed by atoms with Crippen LogP contribution in [-0.4, -0.2) is 58.5 Å². The molecule has 4 rings (SSSR count). The van der Waals surface area contributed by atoms with Crippen molar-refractivity contribution in [2.24, 2.45) is 0 Å². The molecule has 0 spiro atoms. The first-order chi connectivity index (χ1) is 21.7. The van der Waals surface area contributed by atoms with Gasteiger partial charge in [0.05, 0.1) is 24.8 Å². The van der Waals surface area contributed by atoms with Crippen molar-refractivity contribution in [3.05, 3.63) is 120 Å². The van der Waals surface area contributed by atoms with Crippen LogP contribution in [0.5, 0.6) is 11.5 Å². The predicted octanol–water partition coefficient (Wildman–Crippen LogP) is 4.98. The first-order valence-electron chi connectivity index (χ1n) is 14.6. The Labute approximate surface area is 265 Å². The lowest BCUT2D eigenvalue weighted by Gasteiger charge is -2.34. The van der Waals surface area contributed by atoms with E-state index in [-0.39, 0.29) is 29.5 Å². The van der Waals surface area contributed by atoms with Gasteiger partial charge in [0.1, 0.15) is 12.6 Å². The maximum Gasteiger partial charge on any atom is 0.264 e. The Kier molecular flexibility index (Phi) is 11.2. The molecule has 236 valence electrons. The Balaban J connectivity index is 1.83. The fourth-order valence-corrected chi connectivity index (χ4v) is 6.51. The topological polar surface area (TPSA) is 105 Å². The van der Waals surface area contributed by atoms with E-state index in [0.29, 0.717) is 18.0 Å². The molecule has 1 atom stereocenters. The van der Waals surface area contributed by atoms with Crippen LogP contribution in [-0.2, 0) is 32.6 Å². The van der Waals surface area contributed by atoms with Crippen molar-refractivity contribution < 1.29 is 27.5 Å². The fourth-order valence-electron chi connectivity index (χ4n) is 5.08. The van der Waals surface area contributed by atoms with Crippen LogP contribution in [0.1, 0.15) is 23.6 Å². The second-order valence-electron chi connectivity index (χ2n) is 10.5. The predicted molar refractivity (Wildman–Crippen MR) is 175 cm³/mol. The first-order valence-corrected chi connectivity index (χ1v) is 16.1. The smallest absolute Gasteiger partial charge is 0.264 e. The number of rotatable bonds is 14. The van der Waals surface area contributed by atoms with E-state index >= 15 is 0 Å². The van der Waals surface area contributed by atoms with E-state index < -0.39 is 28.5 Å². The van der Waals surface area contributed by atoms with Gasteiger partial charge in [-0.2, -0.15) is 0 Å². The number of ether oxygens (including phenoxy) is 2. The third-order valence-electron chi connectivity index (χ3n) is 7.32. The molecule has 0 radical (unpaired) electrons. The summed E-state index contributed by atoms with van der Waals surface area (Å²) in [5.74, 6) is -0.162. The van der Waals surface area contributed by atoms with Crippen LogP contribution in [0.3, 0.4) is 0 Å². The summed E-state index contributed by atoms with van der Waals surface area (Å²) < 4.78 is 40.2. The van der Waals surface area contributed by atoms with Crippen molar-refractivity contribution >= 4 is 27.5 Å². The zero-order valence-electron chi connectivity index (χ0n) is 26.0. The van der Waals surface area contributed by atoms with Gasteiger partial charge in [-0.1, -0.05) is 78.4 Å². The number of amides is 2. The van der Waals surface area contributed by atoms with Gasteiger partial charge in [-0.25, -0.2) is 8.42 Å². The molecule has 0 bridgehead atoms. The second-order valence-corrected chi connectivity index (χ2v) is 12.3. The van der Waals surface area contributed by atoms with Crippen molar-refractivity contribution in [1.82, 2.24) is 10.2 Å². The van der Waals surface area contributed by atoms with E-state index in [9.17, 15) is 18.0 Å². The number of nitrogens with zero attached hydrogens (tertiary/aromatic N) is 2. The van der Waals surface area contributed by atoms with Crippen LogP contribution in [0.25, 0.3) is 0 Å². The summed E-state index contributed by atoms with van der Waals surface area (Å²) in [6.07, 6.45) is 0.242. The number of likely N-dealkylation sites (N-methyl/N-ethyl adjacent to an activating group) is 1. The Hall–Kier alpha value is -4.83. The minimum absolute atomic E-state index is 0.0161. The average Bonchev–Trinajstić information content (AvgIpc) is 3.05. The van der Waals surface area contributed by atoms with E-state index in [1.54, 1.807) is 30.3 Å². The second kappa shape index (κ2) is 15.3. The molecule has 0 aromatic heterocycles. The molecule has 0 aliphatic heterocycles. The number of hydrogen-bond acceptors (Lipinski definition) is 6. The monoisotopic (exact) mass is 629 g/mol. The number of benzene rings is 4. The van der Waals surface area contributed by atoms with Gasteiger partial charge in [-0.05, 0) is 49.2 Å². The Morgan fingerprint density at radius 1 is 0.800 bits per heavy atom. The van der Waals surface area contributed by atoms with Gasteiger partial charge < -0.3 is 19.7 Å². The highest BCUT2D eigenvalue weighted by Crippen LogP contribution is 2.34. The summed E-state index contributed by atoms with van der Waals surface area (Å²) >= 11 is 0. The normalized spacial score (nSPS) is 11.7. The Morgan fingerprint density at radius 2 is 1.44 bits per heavy atom. The zero-order valence-corrected chi connectivity index (χ0v) is 26.8. The van der Waals surface area contributed by atoms with Gasteiger partial charge >= 0.3 is 0 Å². The first kappa shape index (κ1) is 33.1. The van der Waals surface area contributed by atoms with Crippen molar-refractivity contribution in [2.45, 2.75) is 37.8 Å². The zero-order chi connectivity index (χ0) is 32.4. The number of aryl methyl sites for hydroxylation is 1. The summed E-state index contributed by atoms with van der Waals surface area (Å²) in [5.41, 5.74) is 2.88. The van der Waals surface area contributed by atoms with Gasteiger partial charge in [0.25, 0.3) is 10.0 Å².